The lowest BCUT2D eigenvalue weighted by Crippen LogP contribution is -2.44. The highest BCUT2D eigenvalue weighted by atomic mass is 16.5. The first-order chi connectivity index (χ1) is 11.0. The van der Waals surface area contributed by atoms with Gasteiger partial charge in [0.05, 0.1) is 19.3 Å². The molecule has 1 aliphatic heterocycles. The number of amides is 1. The van der Waals surface area contributed by atoms with Gasteiger partial charge in [0.15, 0.2) is 0 Å². The van der Waals surface area contributed by atoms with Crippen molar-refractivity contribution in [3.05, 3.63) is 29.3 Å². The molecule has 1 saturated heterocycles. The van der Waals surface area contributed by atoms with E-state index in [9.17, 15) is 4.79 Å². The fourth-order valence-electron chi connectivity index (χ4n) is 2.52. The van der Waals surface area contributed by atoms with E-state index in [1.54, 1.807) is 0 Å². The van der Waals surface area contributed by atoms with Crippen molar-refractivity contribution in [3.8, 4) is 5.75 Å². The van der Waals surface area contributed by atoms with Gasteiger partial charge in [0.25, 0.3) is 0 Å². The average Bonchev–Trinajstić information content (AvgIpc) is 3.05. The molecule has 1 heterocycles. The number of hydrogen-bond acceptors (Lipinski definition) is 4. The van der Waals surface area contributed by atoms with E-state index in [2.05, 4.69) is 5.32 Å². The topological polar surface area (TPSA) is 73.6 Å². The Labute approximate surface area is 138 Å². The van der Waals surface area contributed by atoms with Crippen molar-refractivity contribution in [1.82, 2.24) is 5.32 Å². The number of carbonyl (C=O) groups excluding carboxylic acids is 1. The molecule has 1 aromatic rings. The van der Waals surface area contributed by atoms with Crippen LogP contribution in [0.15, 0.2) is 18.2 Å². The van der Waals surface area contributed by atoms with Crippen molar-refractivity contribution < 1.29 is 14.3 Å². The molecule has 1 aromatic carbocycles. The van der Waals surface area contributed by atoms with Crippen LogP contribution >= 0.6 is 0 Å². The minimum absolute atomic E-state index is 0.0913. The molecule has 0 spiro atoms. The van der Waals surface area contributed by atoms with Crippen molar-refractivity contribution in [2.24, 2.45) is 11.7 Å². The largest absolute Gasteiger partial charge is 0.488 e. The average molecular weight is 320 g/mol. The Morgan fingerprint density at radius 3 is 2.96 bits per heavy atom. The number of hydrogen-bond donors (Lipinski definition) is 2. The third kappa shape index (κ3) is 4.94. The Morgan fingerprint density at radius 1 is 1.52 bits per heavy atom. The number of nitrogens with two attached hydrogens (primary N) is 1. The molecule has 3 atom stereocenters. The maximum atomic E-state index is 12.1. The second-order valence-corrected chi connectivity index (χ2v) is 6.34. The molecule has 5 heteroatoms. The molecular weight excluding hydrogens is 292 g/mol. The third-order valence-corrected chi connectivity index (χ3v) is 4.42. The normalized spacial score (nSPS) is 20.1. The molecule has 0 aromatic heterocycles. The first-order valence-electron chi connectivity index (χ1n) is 8.38. The number of benzene rings is 1. The molecular formula is C18H28N2O3. The lowest BCUT2D eigenvalue weighted by molar-refractivity contribution is -0.123. The minimum Gasteiger partial charge on any atom is -0.488 e. The van der Waals surface area contributed by atoms with Crippen LogP contribution in [-0.2, 0) is 16.1 Å². The molecule has 1 fully saturated rings. The van der Waals surface area contributed by atoms with E-state index in [1.807, 2.05) is 39.0 Å². The number of ether oxygens (including phenoxy) is 2. The van der Waals surface area contributed by atoms with Gasteiger partial charge in [-0.25, -0.2) is 0 Å². The standard InChI is InChI=1S/C18H28N2O3/c1-4-13(3)17(19)18(21)20-10-14-6-5-12(2)9-16(14)23-15-7-8-22-11-15/h5-6,9,13,15,17H,4,7-8,10-11,19H2,1-3H3,(H,20,21). The van der Waals surface area contributed by atoms with Crippen LogP contribution in [0.1, 0.15) is 37.8 Å². The molecule has 0 saturated carbocycles. The molecule has 5 nitrogen and oxygen atoms in total. The molecule has 1 aliphatic rings. The fraction of sp³-hybridized carbons (Fsp3) is 0.611. The molecule has 23 heavy (non-hydrogen) atoms. The highest BCUT2D eigenvalue weighted by Gasteiger charge is 2.21. The maximum absolute atomic E-state index is 12.1. The van der Waals surface area contributed by atoms with Crippen LogP contribution in [0.5, 0.6) is 5.75 Å². The SMILES string of the molecule is CCC(C)C(N)C(=O)NCc1ccc(C)cc1OC1CCOC1. The minimum atomic E-state index is -0.474. The second kappa shape index (κ2) is 8.31. The number of carbonyl (C=O) groups is 1. The molecule has 2 rings (SSSR count). The van der Waals surface area contributed by atoms with Gasteiger partial charge in [-0.15, -0.1) is 0 Å². The summed E-state index contributed by atoms with van der Waals surface area (Å²) in [6, 6.07) is 5.55. The number of nitrogens with one attached hydrogen (secondary N) is 1. The van der Waals surface area contributed by atoms with Gasteiger partial charge < -0.3 is 20.5 Å². The van der Waals surface area contributed by atoms with Crippen molar-refractivity contribution in [1.29, 1.82) is 0 Å². The van der Waals surface area contributed by atoms with E-state index in [1.165, 1.54) is 0 Å². The number of rotatable bonds is 7. The maximum Gasteiger partial charge on any atom is 0.237 e. The van der Waals surface area contributed by atoms with Crippen LogP contribution in [0.3, 0.4) is 0 Å². The predicted molar refractivity (Wildman–Crippen MR) is 90.3 cm³/mol. The van der Waals surface area contributed by atoms with Crippen LogP contribution in [0, 0.1) is 12.8 Å². The zero-order valence-corrected chi connectivity index (χ0v) is 14.3. The van der Waals surface area contributed by atoms with Crippen LogP contribution in [0.2, 0.25) is 0 Å². The summed E-state index contributed by atoms with van der Waals surface area (Å²) in [5.74, 6) is 0.868. The highest BCUT2D eigenvalue weighted by Crippen LogP contribution is 2.24. The Bertz CT molecular complexity index is 527. The second-order valence-electron chi connectivity index (χ2n) is 6.34. The van der Waals surface area contributed by atoms with Gasteiger partial charge in [0.1, 0.15) is 11.9 Å². The van der Waals surface area contributed by atoms with Crippen molar-refractivity contribution >= 4 is 5.91 Å². The van der Waals surface area contributed by atoms with Crippen LogP contribution < -0.4 is 15.8 Å². The van der Waals surface area contributed by atoms with Crippen molar-refractivity contribution in [2.45, 2.75) is 52.3 Å². The van der Waals surface area contributed by atoms with Gasteiger partial charge in [-0.1, -0.05) is 32.4 Å². The van der Waals surface area contributed by atoms with Gasteiger partial charge >= 0.3 is 0 Å². The van der Waals surface area contributed by atoms with E-state index >= 15 is 0 Å². The van der Waals surface area contributed by atoms with Gasteiger partial charge in [0.2, 0.25) is 5.91 Å². The van der Waals surface area contributed by atoms with Crippen LogP contribution in [0.4, 0.5) is 0 Å². The Hall–Kier alpha value is -1.59. The van der Waals surface area contributed by atoms with E-state index in [0.717, 1.165) is 36.3 Å². The van der Waals surface area contributed by atoms with Crippen molar-refractivity contribution in [3.63, 3.8) is 0 Å². The van der Waals surface area contributed by atoms with E-state index in [-0.39, 0.29) is 17.9 Å². The quantitative estimate of drug-likeness (QED) is 0.807. The number of aryl methyl sites for hydroxylation is 1. The third-order valence-electron chi connectivity index (χ3n) is 4.42. The zero-order chi connectivity index (χ0) is 16.8. The summed E-state index contributed by atoms with van der Waals surface area (Å²) in [6.07, 6.45) is 1.88. The molecule has 0 aliphatic carbocycles. The summed E-state index contributed by atoms with van der Waals surface area (Å²) in [5.41, 5.74) is 8.06. The van der Waals surface area contributed by atoms with Gasteiger partial charge in [-0.3, -0.25) is 4.79 Å². The zero-order valence-electron chi connectivity index (χ0n) is 14.3. The van der Waals surface area contributed by atoms with Gasteiger partial charge in [-0.2, -0.15) is 0 Å². The first kappa shape index (κ1) is 17.8. The summed E-state index contributed by atoms with van der Waals surface area (Å²) in [6.45, 7) is 7.84. The molecule has 1 amide bonds. The van der Waals surface area contributed by atoms with E-state index in [0.29, 0.717) is 13.2 Å². The fourth-order valence-corrected chi connectivity index (χ4v) is 2.52. The summed E-state index contributed by atoms with van der Waals surface area (Å²) in [7, 11) is 0. The summed E-state index contributed by atoms with van der Waals surface area (Å²) >= 11 is 0. The highest BCUT2D eigenvalue weighted by molar-refractivity contribution is 5.81. The summed E-state index contributed by atoms with van der Waals surface area (Å²) in [4.78, 5) is 12.1. The molecule has 0 bridgehead atoms. The summed E-state index contributed by atoms with van der Waals surface area (Å²) < 4.78 is 11.4. The lowest BCUT2D eigenvalue weighted by atomic mass is 9.99. The predicted octanol–water partition coefficient (Wildman–Crippen LogP) is 2.15. The monoisotopic (exact) mass is 320 g/mol. The van der Waals surface area contributed by atoms with Crippen molar-refractivity contribution in [2.75, 3.05) is 13.2 Å². The Balaban J connectivity index is 1.99. The lowest BCUT2D eigenvalue weighted by Gasteiger charge is -2.19. The molecule has 3 N–H and O–H groups in total. The van der Waals surface area contributed by atoms with E-state index in [4.69, 9.17) is 15.2 Å². The van der Waals surface area contributed by atoms with Crippen LogP contribution in [-0.4, -0.2) is 31.3 Å². The van der Waals surface area contributed by atoms with E-state index < -0.39 is 6.04 Å². The van der Waals surface area contributed by atoms with Gasteiger partial charge in [-0.05, 0) is 24.5 Å². The summed E-state index contributed by atoms with van der Waals surface area (Å²) in [5, 5.41) is 2.92. The molecule has 3 unspecified atom stereocenters. The Morgan fingerprint density at radius 2 is 2.30 bits per heavy atom. The van der Waals surface area contributed by atoms with Crippen LogP contribution in [0.25, 0.3) is 0 Å². The smallest absolute Gasteiger partial charge is 0.237 e. The Kier molecular flexibility index (Phi) is 6.42. The van der Waals surface area contributed by atoms with Gasteiger partial charge in [0, 0.05) is 18.5 Å². The first-order valence-corrected chi connectivity index (χ1v) is 8.38. The molecule has 0 radical (unpaired) electrons. The molecule has 128 valence electrons.